The molecule has 0 aliphatic carbocycles. The van der Waals surface area contributed by atoms with Crippen molar-refractivity contribution in [3.63, 3.8) is 0 Å². The fourth-order valence-corrected chi connectivity index (χ4v) is 2.50. The van der Waals surface area contributed by atoms with E-state index in [1.165, 1.54) is 18.2 Å². The SMILES string of the molecule is O=C(COC(=O)c1cc(Cl)cc(Cl)c1)NC[C@@H]1CCCO1. The van der Waals surface area contributed by atoms with E-state index in [1.807, 2.05) is 0 Å². The van der Waals surface area contributed by atoms with Gasteiger partial charge in [-0.3, -0.25) is 4.79 Å². The first-order valence-corrected chi connectivity index (χ1v) is 7.31. The van der Waals surface area contributed by atoms with Crippen molar-refractivity contribution < 1.29 is 19.1 Å². The van der Waals surface area contributed by atoms with E-state index in [0.29, 0.717) is 16.6 Å². The fraction of sp³-hybridized carbons (Fsp3) is 0.429. The Balaban J connectivity index is 1.76. The predicted molar refractivity (Wildman–Crippen MR) is 78.7 cm³/mol. The third-order valence-corrected chi connectivity index (χ3v) is 3.42. The van der Waals surface area contributed by atoms with Gasteiger partial charge in [-0.25, -0.2) is 4.79 Å². The van der Waals surface area contributed by atoms with E-state index in [4.69, 9.17) is 32.7 Å². The van der Waals surface area contributed by atoms with Gasteiger partial charge in [0.05, 0.1) is 11.7 Å². The Bertz CT molecular complexity index is 509. The molecule has 1 heterocycles. The van der Waals surface area contributed by atoms with Crippen molar-refractivity contribution in [1.29, 1.82) is 0 Å². The van der Waals surface area contributed by atoms with E-state index in [9.17, 15) is 9.59 Å². The molecule has 0 spiro atoms. The first kappa shape index (κ1) is 16.1. The molecular weight excluding hydrogens is 317 g/mol. The minimum atomic E-state index is -0.647. The number of hydrogen-bond donors (Lipinski definition) is 1. The highest BCUT2D eigenvalue weighted by Crippen LogP contribution is 2.19. The summed E-state index contributed by atoms with van der Waals surface area (Å²) in [7, 11) is 0. The maximum absolute atomic E-state index is 11.8. The van der Waals surface area contributed by atoms with Crippen molar-refractivity contribution in [3.8, 4) is 0 Å². The van der Waals surface area contributed by atoms with Gasteiger partial charge in [-0.1, -0.05) is 23.2 Å². The molecule has 1 atom stereocenters. The summed E-state index contributed by atoms with van der Waals surface area (Å²) in [6.07, 6.45) is 1.99. The van der Waals surface area contributed by atoms with Gasteiger partial charge < -0.3 is 14.8 Å². The summed E-state index contributed by atoms with van der Waals surface area (Å²) < 4.78 is 10.3. The highest BCUT2D eigenvalue weighted by Gasteiger charge is 2.17. The molecule has 1 aromatic rings. The highest BCUT2D eigenvalue weighted by atomic mass is 35.5. The molecule has 1 amide bonds. The third kappa shape index (κ3) is 5.19. The largest absolute Gasteiger partial charge is 0.452 e. The van der Waals surface area contributed by atoms with Crippen molar-refractivity contribution in [1.82, 2.24) is 5.32 Å². The number of hydrogen-bond acceptors (Lipinski definition) is 4. The maximum atomic E-state index is 11.8. The maximum Gasteiger partial charge on any atom is 0.338 e. The zero-order valence-corrected chi connectivity index (χ0v) is 12.7. The molecule has 5 nitrogen and oxygen atoms in total. The molecule has 1 aromatic carbocycles. The van der Waals surface area contributed by atoms with Gasteiger partial charge in [-0.15, -0.1) is 0 Å². The Morgan fingerprint density at radius 1 is 1.29 bits per heavy atom. The number of nitrogens with one attached hydrogen (secondary N) is 1. The number of rotatable bonds is 5. The molecule has 1 N–H and O–H groups in total. The highest BCUT2D eigenvalue weighted by molar-refractivity contribution is 6.35. The van der Waals surface area contributed by atoms with Gasteiger partial charge in [0.1, 0.15) is 0 Å². The van der Waals surface area contributed by atoms with Crippen LogP contribution < -0.4 is 5.32 Å². The quantitative estimate of drug-likeness (QED) is 0.841. The summed E-state index contributed by atoms with van der Waals surface area (Å²) in [6, 6.07) is 4.37. The van der Waals surface area contributed by atoms with Crippen LogP contribution in [0.1, 0.15) is 23.2 Å². The van der Waals surface area contributed by atoms with E-state index < -0.39 is 5.97 Å². The average Bonchev–Trinajstić information content (AvgIpc) is 2.94. The number of amides is 1. The lowest BCUT2D eigenvalue weighted by Crippen LogP contribution is -2.34. The monoisotopic (exact) mass is 331 g/mol. The number of halogens is 2. The first-order chi connectivity index (χ1) is 10.0. The van der Waals surface area contributed by atoms with Gasteiger partial charge in [-0.05, 0) is 31.0 Å². The Morgan fingerprint density at radius 3 is 2.62 bits per heavy atom. The Kier molecular flexibility index (Phi) is 5.85. The topological polar surface area (TPSA) is 64.6 Å². The molecule has 0 radical (unpaired) electrons. The lowest BCUT2D eigenvalue weighted by Gasteiger charge is -2.11. The second kappa shape index (κ2) is 7.64. The molecule has 1 aliphatic heterocycles. The van der Waals surface area contributed by atoms with Gasteiger partial charge in [0.25, 0.3) is 5.91 Å². The minimum Gasteiger partial charge on any atom is -0.452 e. The number of carbonyl (C=O) groups is 2. The van der Waals surface area contributed by atoms with Crippen molar-refractivity contribution in [2.24, 2.45) is 0 Å². The summed E-state index contributed by atoms with van der Waals surface area (Å²) in [5.74, 6) is -1.02. The van der Waals surface area contributed by atoms with Gasteiger partial charge >= 0.3 is 5.97 Å². The molecule has 7 heteroatoms. The number of esters is 1. The summed E-state index contributed by atoms with van der Waals surface area (Å²) in [5, 5.41) is 3.32. The zero-order valence-electron chi connectivity index (χ0n) is 11.2. The molecule has 0 bridgehead atoms. The van der Waals surface area contributed by atoms with Crippen LogP contribution in [0.5, 0.6) is 0 Å². The summed E-state index contributed by atoms with van der Waals surface area (Å²) in [4.78, 5) is 23.3. The average molecular weight is 332 g/mol. The molecule has 0 aromatic heterocycles. The molecule has 1 aliphatic rings. The predicted octanol–water partition coefficient (Wildman–Crippen LogP) is 2.45. The third-order valence-electron chi connectivity index (χ3n) is 2.98. The molecule has 0 unspecified atom stereocenters. The lowest BCUT2D eigenvalue weighted by molar-refractivity contribution is -0.124. The van der Waals surface area contributed by atoms with Crippen molar-refractivity contribution in [2.75, 3.05) is 19.8 Å². The van der Waals surface area contributed by atoms with Crippen LogP contribution in [0.3, 0.4) is 0 Å². The van der Waals surface area contributed by atoms with E-state index in [1.54, 1.807) is 0 Å². The fourth-order valence-electron chi connectivity index (χ4n) is 1.97. The molecule has 21 heavy (non-hydrogen) atoms. The lowest BCUT2D eigenvalue weighted by atomic mass is 10.2. The molecule has 2 rings (SSSR count). The van der Waals surface area contributed by atoms with Crippen LogP contribution in [0, 0.1) is 0 Å². The molecule has 114 valence electrons. The van der Waals surface area contributed by atoms with Crippen LogP contribution in [0.15, 0.2) is 18.2 Å². The minimum absolute atomic E-state index is 0.0522. The summed E-state index contributed by atoms with van der Waals surface area (Å²) >= 11 is 11.6. The molecule has 1 saturated heterocycles. The van der Waals surface area contributed by atoms with E-state index in [0.717, 1.165) is 19.4 Å². The summed E-state index contributed by atoms with van der Waals surface area (Å²) in [6.45, 7) is 0.806. The summed E-state index contributed by atoms with van der Waals surface area (Å²) in [5.41, 5.74) is 0.208. The Hall–Kier alpha value is -1.30. The standard InChI is InChI=1S/C14H15Cl2NO4/c15-10-4-9(5-11(16)6-10)14(19)21-8-13(18)17-7-12-2-1-3-20-12/h4-6,12H,1-3,7-8H2,(H,17,18)/t12-/m0/s1. The smallest absolute Gasteiger partial charge is 0.338 e. The van der Waals surface area contributed by atoms with Crippen LogP contribution in [0.4, 0.5) is 0 Å². The van der Waals surface area contributed by atoms with Gasteiger partial charge in [0, 0.05) is 23.2 Å². The molecule has 0 saturated carbocycles. The van der Waals surface area contributed by atoms with E-state index >= 15 is 0 Å². The van der Waals surface area contributed by atoms with Crippen molar-refractivity contribution >= 4 is 35.1 Å². The van der Waals surface area contributed by atoms with Gasteiger partial charge in [0.2, 0.25) is 0 Å². The van der Waals surface area contributed by atoms with Gasteiger partial charge in [-0.2, -0.15) is 0 Å². The number of carbonyl (C=O) groups excluding carboxylic acids is 2. The van der Waals surface area contributed by atoms with Crippen molar-refractivity contribution in [2.45, 2.75) is 18.9 Å². The van der Waals surface area contributed by atoms with Crippen molar-refractivity contribution in [3.05, 3.63) is 33.8 Å². The normalized spacial score (nSPS) is 17.5. The van der Waals surface area contributed by atoms with Crippen LogP contribution in [-0.2, 0) is 14.3 Å². The molecule has 1 fully saturated rings. The van der Waals surface area contributed by atoms with Crippen LogP contribution in [0.2, 0.25) is 10.0 Å². The van der Waals surface area contributed by atoms with Crippen LogP contribution in [-0.4, -0.2) is 37.7 Å². The van der Waals surface area contributed by atoms with E-state index in [-0.39, 0.29) is 24.2 Å². The van der Waals surface area contributed by atoms with Gasteiger partial charge in [0.15, 0.2) is 6.61 Å². The number of ether oxygens (including phenoxy) is 2. The van der Waals surface area contributed by atoms with E-state index in [2.05, 4.69) is 5.32 Å². The first-order valence-electron chi connectivity index (χ1n) is 6.56. The second-order valence-electron chi connectivity index (χ2n) is 4.67. The Morgan fingerprint density at radius 2 is 2.00 bits per heavy atom. The second-order valence-corrected chi connectivity index (χ2v) is 5.55. The number of benzene rings is 1. The van der Waals surface area contributed by atoms with Crippen LogP contribution in [0.25, 0.3) is 0 Å². The molecular formula is C14H15Cl2NO4. The zero-order chi connectivity index (χ0) is 15.2. The Labute approximate surface area is 132 Å². The van der Waals surface area contributed by atoms with Crippen LogP contribution >= 0.6 is 23.2 Å².